The maximum atomic E-state index is 12.0. The highest BCUT2D eigenvalue weighted by Gasteiger charge is 2.18. The molecule has 0 spiro atoms. The molecule has 0 aliphatic carbocycles. The van der Waals surface area contributed by atoms with Crippen LogP contribution in [0.3, 0.4) is 0 Å². The molecule has 1 aliphatic rings. The van der Waals surface area contributed by atoms with Gasteiger partial charge < -0.3 is 10.6 Å². The minimum atomic E-state index is -0.346. The van der Waals surface area contributed by atoms with Crippen molar-refractivity contribution in [3.63, 3.8) is 0 Å². The average molecular weight is 288 g/mol. The van der Waals surface area contributed by atoms with E-state index < -0.39 is 0 Å². The number of rotatable bonds is 3. The molecule has 0 radical (unpaired) electrons. The Balaban J connectivity index is 2.06. The molecular formula is C14H16N4O3. The molecule has 110 valence electrons. The Morgan fingerprint density at radius 1 is 1.24 bits per heavy atom. The number of benzene rings is 1. The molecule has 7 nitrogen and oxygen atoms in total. The van der Waals surface area contributed by atoms with Crippen molar-refractivity contribution in [3.05, 3.63) is 23.8 Å². The Kier molecular flexibility index (Phi) is 4.32. The average Bonchev–Trinajstić information content (AvgIpc) is 2.42. The van der Waals surface area contributed by atoms with E-state index in [1.54, 1.807) is 18.2 Å². The van der Waals surface area contributed by atoms with E-state index >= 15 is 0 Å². The first-order valence-corrected chi connectivity index (χ1v) is 6.50. The zero-order valence-electron chi connectivity index (χ0n) is 11.8. The molecule has 0 saturated carbocycles. The van der Waals surface area contributed by atoms with Crippen molar-refractivity contribution in [1.82, 2.24) is 5.43 Å². The number of carbonyl (C=O) groups is 3. The second-order valence-electron chi connectivity index (χ2n) is 4.76. The van der Waals surface area contributed by atoms with Crippen LogP contribution in [0.2, 0.25) is 0 Å². The van der Waals surface area contributed by atoms with Crippen LogP contribution in [-0.2, 0) is 14.4 Å². The summed E-state index contributed by atoms with van der Waals surface area (Å²) in [6.07, 6.45) is 0.577. The van der Waals surface area contributed by atoms with Gasteiger partial charge in [0.25, 0.3) is 5.91 Å². The largest absolute Gasteiger partial charge is 0.326 e. The molecule has 3 amide bonds. The quantitative estimate of drug-likeness (QED) is 0.778. The highest BCUT2D eigenvalue weighted by atomic mass is 16.2. The van der Waals surface area contributed by atoms with Gasteiger partial charge in [0.1, 0.15) is 5.71 Å². The van der Waals surface area contributed by atoms with Crippen LogP contribution in [-0.4, -0.2) is 23.4 Å². The summed E-state index contributed by atoms with van der Waals surface area (Å²) in [6, 6.07) is 5.17. The second kappa shape index (κ2) is 6.17. The van der Waals surface area contributed by atoms with E-state index in [2.05, 4.69) is 21.2 Å². The third kappa shape index (κ3) is 3.88. The lowest BCUT2D eigenvalue weighted by atomic mass is 10.1. The van der Waals surface area contributed by atoms with Crippen LogP contribution in [0.5, 0.6) is 0 Å². The van der Waals surface area contributed by atoms with Crippen molar-refractivity contribution < 1.29 is 14.4 Å². The molecule has 0 unspecified atom stereocenters. The first-order chi connectivity index (χ1) is 9.95. The number of hydrogen-bond donors (Lipinski definition) is 3. The van der Waals surface area contributed by atoms with Gasteiger partial charge in [0.05, 0.1) is 0 Å². The lowest BCUT2D eigenvalue weighted by Crippen LogP contribution is -2.32. The van der Waals surface area contributed by atoms with Crippen LogP contribution in [0.1, 0.15) is 25.3 Å². The van der Waals surface area contributed by atoms with Gasteiger partial charge in [0.2, 0.25) is 11.8 Å². The van der Waals surface area contributed by atoms with Crippen LogP contribution in [0, 0.1) is 6.92 Å². The van der Waals surface area contributed by atoms with Crippen LogP contribution in [0.15, 0.2) is 23.3 Å². The summed E-state index contributed by atoms with van der Waals surface area (Å²) < 4.78 is 0. The maximum Gasteiger partial charge on any atom is 0.271 e. The molecule has 21 heavy (non-hydrogen) atoms. The number of carbonyl (C=O) groups excluding carboxylic acids is 3. The van der Waals surface area contributed by atoms with E-state index in [0.29, 0.717) is 17.8 Å². The number of amides is 3. The third-order valence-corrected chi connectivity index (χ3v) is 2.96. The lowest BCUT2D eigenvalue weighted by Gasteiger charge is -2.13. The summed E-state index contributed by atoms with van der Waals surface area (Å²) >= 11 is 0. The van der Waals surface area contributed by atoms with Crippen LogP contribution in [0.4, 0.5) is 11.4 Å². The summed E-state index contributed by atoms with van der Waals surface area (Å²) in [7, 11) is 0. The Morgan fingerprint density at radius 3 is 2.57 bits per heavy atom. The normalized spacial score (nSPS) is 14.0. The predicted octanol–water partition coefficient (Wildman–Crippen LogP) is 1.16. The molecule has 1 heterocycles. The van der Waals surface area contributed by atoms with Gasteiger partial charge >= 0.3 is 0 Å². The molecular weight excluding hydrogens is 272 g/mol. The molecule has 0 bridgehead atoms. The van der Waals surface area contributed by atoms with Gasteiger partial charge in [-0.25, -0.2) is 5.43 Å². The smallest absolute Gasteiger partial charge is 0.271 e. The molecule has 0 saturated heterocycles. The van der Waals surface area contributed by atoms with Gasteiger partial charge in [0.15, 0.2) is 0 Å². The van der Waals surface area contributed by atoms with E-state index in [-0.39, 0.29) is 29.9 Å². The van der Waals surface area contributed by atoms with Crippen LogP contribution in [0.25, 0.3) is 0 Å². The Labute approximate surface area is 121 Å². The highest BCUT2D eigenvalue weighted by Crippen LogP contribution is 2.20. The molecule has 0 fully saturated rings. The van der Waals surface area contributed by atoms with E-state index in [4.69, 9.17) is 0 Å². The molecule has 0 atom stereocenters. The first-order valence-electron chi connectivity index (χ1n) is 6.50. The van der Waals surface area contributed by atoms with Gasteiger partial charge in [-0.3, -0.25) is 14.4 Å². The van der Waals surface area contributed by atoms with E-state index in [1.165, 1.54) is 6.92 Å². The van der Waals surface area contributed by atoms with Gasteiger partial charge in [-0.1, -0.05) is 0 Å². The molecule has 1 aliphatic heterocycles. The first kappa shape index (κ1) is 14.7. The molecule has 3 N–H and O–H groups in total. The highest BCUT2D eigenvalue weighted by molar-refractivity contribution is 6.43. The standard InChI is InChI=1S/C14H16N4O3/c1-8-7-10(3-4-11(8)15-9(2)19)16-14(21)12-5-6-13(20)18-17-12/h3-4,7H,5-6H2,1-2H3,(H,15,19)(H,16,21)(H,18,20). The number of hydrazone groups is 1. The van der Waals surface area contributed by atoms with E-state index in [9.17, 15) is 14.4 Å². The summed E-state index contributed by atoms with van der Waals surface area (Å²) in [5.74, 6) is -0.689. The summed E-state index contributed by atoms with van der Waals surface area (Å²) in [5.41, 5.74) is 4.71. The van der Waals surface area contributed by atoms with Gasteiger partial charge in [-0.15, -0.1) is 0 Å². The Hall–Kier alpha value is -2.70. The van der Waals surface area contributed by atoms with E-state index in [0.717, 1.165) is 5.56 Å². The zero-order valence-corrected chi connectivity index (χ0v) is 11.8. The van der Waals surface area contributed by atoms with E-state index in [1.807, 2.05) is 6.92 Å². The fourth-order valence-corrected chi connectivity index (χ4v) is 1.91. The number of nitrogens with one attached hydrogen (secondary N) is 3. The number of anilines is 2. The van der Waals surface area contributed by atoms with Crippen molar-refractivity contribution in [2.24, 2.45) is 5.10 Å². The number of nitrogens with zero attached hydrogens (tertiary/aromatic N) is 1. The monoisotopic (exact) mass is 288 g/mol. The molecule has 1 aromatic carbocycles. The number of aryl methyl sites for hydroxylation is 1. The van der Waals surface area contributed by atoms with Crippen LogP contribution >= 0.6 is 0 Å². The molecule has 2 rings (SSSR count). The molecule has 7 heteroatoms. The van der Waals surface area contributed by atoms with Crippen LogP contribution < -0.4 is 16.1 Å². The zero-order chi connectivity index (χ0) is 15.4. The summed E-state index contributed by atoms with van der Waals surface area (Å²) in [4.78, 5) is 34.0. The van der Waals surface area contributed by atoms with Crippen molar-refractivity contribution in [3.8, 4) is 0 Å². The van der Waals surface area contributed by atoms with Crippen molar-refractivity contribution in [2.45, 2.75) is 26.7 Å². The summed E-state index contributed by atoms with van der Waals surface area (Å²) in [6.45, 7) is 3.27. The maximum absolute atomic E-state index is 12.0. The fourth-order valence-electron chi connectivity index (χ4n) is 1.91. The molecule has 1 aromatic rings. The van der Waals surface area contributed by atoms with Crippen molar-refractivity contribution >= 4 is 34.8 Å². The van der Waals surface area contributed by atoms with Gasteiger partial charge in [-0.2, -0.15) is 5.10 Å². The fraction of sp³-hybridized carbons (Fsp3) is 0.286. The minimum absolute atomic E-state index is 0.151. The molecule has 0 aromatic heterocycles. The van der Waals surface area contributed by atoms with Crippen molar-refractivity contribution in [1.29, 1.82) is 0 Å². The Bertz CT molecular complexity index is 637. The third-order valence-electron chi connectivity index (χ3n) is 2.96. The van der Waals surface area contributed by atoms with Gasteiger partial charge in [-0.05, 0) is 30.7 Å². The number of hydrogen-bond acceptors (Lipinski definition) is 4. The minimum Gasteiger partial charge on any atom is -0.326 e. The summed E-state index contributed by atoms with van der Waals surface area (Å²) in [5, 5.41) is 9.15. The van der Waals surface area contributed by atoms with Gasteiger partial charge in [0, 0.05) is 31.1 Å². The lowest BCUT2D eigenvalue weighted by molar-refractivity contribution is -0.121. The van der Waals surface area contributed by atoms with Crippen molar-refractivity contribution in [2.75, 3.05) is 10.6 Å². The topological polar surface area (TPSA) is 99.7 Å². The predicted molar refractivity (Wildman–Crippen MR) is 78.9 cm³/mol. The second-order valence-corrected chi connectivity index (χ2v) is 4.76. The Morgan fingerprint density at radius 2 is 2.00 bits per heavy atom. The SMILES string of the molecule is CC(=O)Nc1ccc(NC(=O)C2=NNC(=O)CC2)cc1C.